The van der Waals surface area contributed by atoms with Crippen LogP contribution in [0.3, 0.4) is 0 Å². The fourth-order valence-corrected chi connectivity index (χ4v) is 4.25. The minimum atomic E-state index is -0.306. The number of fused-ring (bicyclic) bond motifs is 1. The quantitative estimate of drug-likeness (QED) is 0.677. The molecule has 2 amide bonds. The van der Waals surface area contributed by atoms with Gasteiger partial charge in [0, 0.05) is 29.6 Å². The number of carbonyl (C=O) groups excluding carboxylic acids is 2. The molecule has 0 spiro atoms. The maximum absolute atomic E-state index is 13.0. The number of ether oxygens (including phenoxy) is 2. The predicted molar refractivity (Wildman–Crippen MR) is 112 cm³/mol. The number of carbonyl (C=O) groups is 2. The zero-order valence-electron chi connectivity index (χ0n) is 16.5. The molecular weight excluding hydrogens is 404 g/mol. The van der Waals surface area contributed by atoms with Crippen molar-refractivity contribution in [1.82, 2.24) is 14.9 Å². The molecule has 3 aromatic rings. The van der Waals surface area contributed by atoms with Gasteiger partial charge in [-0.3, -0.25) is 19.9 Å². The van der Waals surface area contributed by atoms with Gasteiger partial charge in [-0.05, 0) is 30.3 Å². The average molecular weight is 424 g/mol. The minimum absolute atomic E-state index is 0.0888. The highest BCUT2D eigenvalue weighted by Crippen LogP contribution is 2.31. The largest absolute Gasteiger partial charge is 0.493 e. The van der Waals surface area contributed by atoms with Crippen molar-refractivity contribution in [3.8, 4) is 11.5 Å². The summed E-state index contributed by atoms with van der Waals surface area (Å²) in [6.45, 7) is 0.997. The molecular formula is C21H20N4O4S. The number of methoxy groups -OCH3 is 2. The lowest BCUT2D eigenvalue weighted by atomic mass is 10.1. The summed E-state index contributed by atoms with van der Waals surface area (Å²) in [6.07, 6.45) is 2.20. The summed E-state index contributed by atoms with van der Waals surface area (Å²) >= 11 is 1.38. The van der Waals surface area contributed by atoms with Crippen molar-refractivity contribution in [2.24, 2.45) is 0 Å². The molecule has 1 aromatic carbocycles. The predicted octanol–water partition coefficient (Wildman–Crippen LogP) is 3.01. The first-order valence-corrected chi connectivity index (χ1v) is 10.1. The zero-order valence-corrected chi connectivity index (χ0v) is 17.4. The number of amides is 2. The van der Waals surface area contributed by atoms with Crippen molar-refractivity contribution in [2.45, 2.75) is 13.0 Å². The Morgan fingerprint density at radius 2 is 1.97 bits per heavy atom. The Labute approximate surface area is 177 Å². The van der Waals surface area contributed by atoms with Gasteiger partial charge >= 0.3 is 0 Å². The van der Waals surface area contributed by atoms with Crippen LogP contribution in [-0.2, 0) is 13.0 Å². The lowest BCUT2D eigenvalue weighted by Crippen LogP contribution is -2.35. The van der Waals surface area contributed by atoms with Gasteiger partial charge < -0.3 is 14.4 Å². The highest BCUT2D eigenvalue weighted by molar-refractivity contribution is 7.15. The van der Waals surface area contributed by atoms with Crippen LogP contribution >= 0.6 is 11.3 Å². The molecule has 9 heteroatoms. The highest BCUT2D eigenvalue weighted by Gasteiger charge is 2.26. The molecule has 0 bridgehead atoms. The van der Waals surface area contributed by atoms with Crippen LogP contribution in [0.15, 0.2) is 42.6 Å². The second-order valence-electron chi connectivity index (χ2n) is 6.60. The number of nitrogens with zero attached hydrogens (tertiary/aromatic N) is 3. The number of hydrogen-bond acceptors (Lipinski definition) is 7. The molecule has 1 aliphatic heterocycles. The summed E-state index contributed by atoms with van der Waals surface area (Å²) in [7, 11) is 3.09. The van der Waals surface area contributed by atoms with Crippen molar-refractivity contribution in [3.63, 3.8) is 0 Å². The Bertz CT molecular complexity index is 1080. The summed E-state index contributed by atoms with van der Waals surface area (Å²) in [4.78, 5) is 36.6. The molecule has 3 heterocycles. The van der Waals surface area contributed by atoms with Crippen molar-refractivity contribution >= 4 is 28.3 Å². The summed E-state index contributed by atoms with van der Waals surface area (Å²) < 4.78 is 10.5. The first-order valence-electron chi connectivity index (χ1n) is 9.31. The van der Waals surface area contributed by atoms with Crippen LogP contribution in [0.1, 0.15) is 31.4 Å². The van der Waals surface area contributed by atoms with Crippen LogP contribution in [0.2, 0.25) is 0 Å². The fourth-order valence-electron chi connectivity index (χ4n) is 3.23. The van der Waals surface area contributed by atoms with Crippen LogP contribution in [-0.4, -0.2) is 47.4 Å². The number of aromatic nitrogens is 2. The molecule has 4 rings (SSSR count). The third-order valence-corrected chi connectivity index (χ3v) is 5.76. The van der Waals surface area contributed by atoms with E-state index < -0.39 is 0 Å². The van der Waals surface area contributed by atoms with Gasteiger partial charge in [0.2, 0.25) is 0 Å². The van der Waals surface area contributed by atoms with Crippen molar-refractivity contribution in [3.05, 3.63) is 64.4 Å². The number of rotatable bonds is 5. The molecule has 154 valence electrons. The Balaban J connectivity index is 1.47. The maximum Gasteiger partial charge on any atom is 0.276 e. The number of anilines is 1. The van der Waals surface area contributed by atoms with Crippen molar-refractivity contribution in [2.75, 3.05) is 26.1 Å². The van der Waals surface area contributed by atoms with E-state index in [2.05, 4.69) is 15.3 Å². The van der Waals surface area contributed by atoms with Gasteiger partial charge in [0.05, 0.1) is 26.5 Å². The molecule has 0 radical (unpaired) electrons. The van der Waals surface area contributed by atoms with Crippen LogP contribution in [0.5, 0.6) is 11.5 Å². The molecule has 0 saturated heterocycles. The van der Waals surface area contributed by atoms with E-state index in [1.807, 2.05) is 0 Å². The third-order valence-electron chi connectivity index (χ3n) is 4.77. The fraction of sp³-hybridized carbons (Fsp3) is 0.238. The Morgan fingerprint density at radius 3 is 2.70 bits per heavy atom. The van der Waals surface area contributed by atoms with Gasteiger partial charge in [0.25, 0.3) is 11.8 Å². The Morgan fingerprint density at radius 1 is 1.13 bits per heavy atom. The summed E-state index contributed by atoms with van der Waals surface area (Å²) in [6, 6.07) is 10.3. The second kappa shape index (κ2) is 8.50. The monoisotopic (exact) mass is 424 g/mol. The minimum Gasteiger partial charge on any atom is -0.493 e. The molecule has 0 fully saturated rings. The van der Waals surface area contributed by atoms with Crippen LogP contribution in [0.4, 0.5) is 5.13 Å². The molecule has 0 saturated carbocycles. The average Bonchev–Trinajstić information content (AvgIpc) is 3.20. The lowest BCUT2D eigenvalue weighted by molar-refractivity contribution is 0.0735. The normalized spacial score (nSPS) is 12.8. The van der Waals surface area contributed by atoms with E-state index in [1.54, 1.807) is 54.6 Å². The molecule has 2 aromatic heterocycles. The van der Waals surface area contributed by atoms with Gasteiger partial charge in [0.1, 0.15) is 5.69 Å². The van der Waals surface area contributed by atoms with Gasteiger partial charge in [-0.2, -0.15) is 0 Å². The number of hydrogen-bond donors (Lipinski definition) is 1. The third kappa shape index (κ3) is 3.97. The lowest BCUT2D eigenvalue weighted by Gasteiger charge is -2.26. The van der Waals surface area contributed by atoms with E-state index in [0.29, 0.717) is 47.4 Å². The zero-order chi connectivity index (χ0) is 21.1. The Kier molecular flexibility index (Phi) is 5.62. The topological polar surface area (TPSA) is 93.7 Å². The molecule has 1 aliphatic rings. The van der Waals surface area contributed by atoms with E-state index >= 15 is 0 Å². The SMILES string of the molecule is COc1ccc(C(=O)N2CCc3nc(NC(=O)c4ccccn4)sc3C2)cc1OC. The standard InChI is InChI=1S/C21H20N4O4S/c1-28-16-7-6-13(11-17(16)29-2)20(27)25-10-8-14-18(12-25)30-21(23-14)24-19(26)15-5-3-4-9-22-15/h3-7,9,11H,8,10,12H2,1-2H3,(H,23,24,26). The molecule has 0 atom stereocenters. The van der Waals surface area contributed by atoms with Crippen LogP contribution in [0.25, 0.3) is 0 Å². The van der Waals surface area contributed by atoms with Gasteiger partial charge in [-0.15, -0.1) is 0 Å². The van der Waals surface area contributed by atoms with E-state index in [0.717, 1.165) is 10.6 Å². The maximum atomic E-state index is 13.0. The van der Waals surface area contributed by atoms with Crippen molar-refractivity contribution in [1.29, 1.82) is 0 Å². The van der Waals surface area contributed by atoms with Gasteiger partial charge in [-0.25, -0.2) is 4.98 Å². The summed E-state index contributed by atoms with van der Waals surface area (Å²) in [5.41, 5.74) is 1.77. The van der Waals surface area contributed by atoms with E-state index in [4.69, 9.17) is 9.47 Å². The summed E-state index contributed by atoms with van der Waals surface area (Å²) in [5.74, 6) is 0.693. The molecule has 30 heavy (non-hydrogen) atoms. The first kappa shape index (κ1) is 19.8. The second-order valence-corrected chi connectivity index (χ2v) is 7.69. The van der Waals surface area contributed by atoms with E-state index in [1.165, 1.54) is 18.4 Å². The number of pyridine rings is 1. The van der Waals surface area contributed by atoms with Gasteiger partial charge in [0.15, 0.2) is 16.6 Å². The highest BCUT2D eigenvalue weighted by atomic mass is 32.1. The molecule has 8 nitrogen and oxygen atoms in total. The van der Waals surface area contributed by atoms with Crippen LogP contribution < -0.4 is 14.8 Å². The molecule has 0 unspecified atom stereocenters. The molecule has 1 N–H and O–H groups in total. The smallest absolute Gasteiger partial charge is 0.276 e. The number of benzene rings is 1. The van der Waals surface area contributed by atoms with Crippen molar-refractivity contribution < 1.29 is 19.1 Å². The number of thiazole rings is 1. The Hall–Kier alpha value is -3.46. The molecule has 0 aliphatic carbocycles. The summed E-state index contributed by atoms with van der Waals surface area (Å²) in [5, 5.41) is 3.30. The van der Waals surface area contributed by atoms with Gasteiger partial charge in [-0.1, -0.05) is 17.4 Å². The van der Waals surface area contributed by atoms with E-state index in [-0.39, 0.29) is 11.8 Å². The van der Waals surface area contributed by atoms with E-state index in [9.17, 15) is 9.59 Å². The number of nitrogens with one attached hydrogen (secondary N) is 1. The van der Waals surface area contributed by atoms with Crippen LogP contribution in [0, 0.1) is 0 Å². The first-order chi connectivity index (χ1) is 14.6.